The van der Waals surface area contributed by atoms with Gasteiger partial charge in [0.1, 0.15) is 0 Å². The topological polar surface area (TPSA) is 37.3 Å². The van der Waals surface area contributed by atoms with Crippen molar-refractivity contribution >= 4 is 23.7 Å². The van der Waals surface area contributed by atoms with Crippen molar-refractivity contribution in [2.24, 2.45) is 0 Å². The van der Waals surface area contributed by atoms with E-state index in [1.54, 1.807) is 0 Å². The van der Waals surface area contributed by atoms with Crippen LogP contribution in [0.5, 0.6) is 0 Å². The van der Waals surface area contributed by atoms with Crippen molar-refractivity contribution in [2.45, 2.75) is 0 Å². The number of halogens is 1. The SMILES string of the molecule is [O]=[Ge]([OH])[Cl]. The van der Waals surface area contributed by atoms with Gasteiger partial charge in [0, 0.05) is 0 Å². The summed E-state index contributed by atoms with van der Waals surface area (Å²) in [6.45, 7) is 0. The molecule has 0 aliphatic rings. The van der Waals surface area contributed by atoms with Gasteiger partial charge in [0.15, 0.2) is 0 Å². The molecule has 0 amide bonds. The Kier molecular flexibility index (Phi) is 1.91. The van der Waals surface area contributed by atoms with Gasteiger partial charge in [0.2, 0.25) is 0 Å². The fraction of sp³-hybridized carbons (Fsp3) is 0. The van der Waals surface area contributed by atoms with Crippen molar-refractivity contribution in [3.63, 3.8) is 0 Å². The Morgan fingerprint density at radius 3 is 2.00 bits per heavy atom. The number of rotatable bonds is 0. The van der Waals surface area contributed by atoms with Gasteiger partial charge in [0.05, 0.1) is 0 Å². The van der Waals surface area contributed by atoms with Gasteiger partial charge in [0.25, 0.3) is 0 Å². The van der Waals surface area contributed by atoms with Crippen molar-refractivity contribution in [1.29, 1.82) is 0 Å². The second-order valence-corrected chi connectivity index (χ2v) is 2.99. The van der Waals surface area contributed by atoms with Gasteiger partial charge in [-0.15, -0.1) is 0 Å². The van der Waals surface area contributed by atoms with E-state index < -0.39 is 13.7 Å². The molecule has 0 atom stereocenters. The van der Waals surface area contributed by atoms with E-state index in [1.807, 2.05) is 0 Å². The first-order chi connectivity index (χ1) is 1.73. The van der Waals surface area contributed by atoms with Gasteiger partial charge in [-0.05, 0) is 0 Å². The van der Waals surface area contributed by atoms with Crippen LogP contribution in [0.25, 0.3) is 0 Å². The third-order valence-corrected chi connectivity index (χ3v) is 0. The van der Waals surface area contributed by atoms with Crippen LogP contribution in [0.4, 0.5) is 0 Å². The molecule has 0 unspecified atom stereocenters. The van der Waals surface area contributed by atoms with E-state index in [9.17, 15) is 0 Å². The number of hydrogen-bond acceptors (Lipinski definition) is 1. The average Bonchev–Trinajstić information content (AvgIpc) is 0.811. The Balaban J connectivity index is 2.80. The molecule has 2 nitrogen and oxygen atoms in total. The summed E-state index contributed by atoms with van der Waals surface area (Å²) in [4.78, 5) is 0. The molecule has 0 heterocycles. The molecule has 0 radical (unpaired) electrons. The molecule has 0 bridgehead atoms. The van der Waals surface area contributed by atoms with Crippen LogP contribution in [0.1, 0.15) is 0 Å². The zero-order valence-corrected chi connectivity index (χ0v) is 4.59. The zero-order chi connectivity index (χ0) is 3.58. The molecule has 0 aromatic heterocycles. The van der Waals surface area contributed by atoms with E-state index in [0.29, 0.717) is 0 Å². The van der Waals surface area contributed by atoms with Gasteiger partial charge in [-0.1, -0.05) is 0 Å². The first kappa shape index (κ1) is 4.43. The second-order valence-electron chi connectivity index (χ2n) is 0.253. The normalized spacial score (nSPS) is 6.25. The van der Waals surface area contributed by atoms with Crippen molar-refractivity contribution < 1.29 is 7.91 Å². The second kappa shape index (κ2) is 1.72. The molecular weight excluding hydrogens is 140 g/mol. The van der Waals surface area contributed by atoms with E-state index in [4.69, 9.17) is 7.91 Å². The van der Waals surface area contributed by atoms with E-state index in [1.165, 1.54) is 0 Å². The van der Waals surface area contributed by atoms with E-state index in [0.717, 1.165) is 0 Å². The van der Waals surface area contributed by atoms with Gasteiger partial charge in [-0.25, -0.2) is 0 Å². The molecule has 0 fully saturated rings. The van der Waals surface area contributed by atoms with Crippen LogP contribution in [-0.4, -0.2) is 17.8 Å². The maximum atomic E-state index is 9.02. The van der Waals surface area contributed by atoms with Crippen molar-refractivity contribution in [2.75, 3.05) is 0 Å². The van der Waals surface area contributed by atoms with Crippen LogP contribution in [-0.2, 0) is 3.78 Å². The van der Waals surface area contributed by atoms with E-state index in [-0.39, 0.29) is 0 Å². The molecule has 0 spiro atoms. The Labute approximate surface area is 32.2 Å². The molecule has 0 aromatic carbocycles. The summed E-state index contributed by atoms with van der Waals surface area (Å²) in [5, 5.41) is 0. The molecule has 4 heavy (non-hydrogen) atoms. The summed E-state index contributed by atoms with van der Waals surface area (Å²) in [5.41, 5.74) is 0. The van der Waals surface area contributed by atoms with Gasteiger partial charge in [-0.2, -0.15) is 0 Å². The summed E-state index contributed by atoms with van der Waals surface area (Å²) < 4.78 is 16.4. The third-order valence-electron chi connectivity index (χ3n) is 0. The summed E-state index contributed by atoms with van der Waals surface area (Å²) in [7, 11) is 4.44. The third kappa shape index (κ3) is 26.7. The minimum atomic E-state index is -3.11. The average molecular weight is 141 g/mol. The van der Waals surface area contributed by atoms with Gasteiger partial charge >= 0.3 is 31.6 Å². The summed E-state index contributed by atoms with van der Waals surface area (Å²) >= 11 is -3.11. The molecule has 4 heteroatoms. The van der Waals surface area contributed by atoms with Crippen LogP contribution in [0.3, 0.4) is 0 Å². The van der Waals surface area contributed by atoms with Crippen LogP contribution < -0.4 is 0 Å². The predicted molar refractivity (Wildman–Crippen MR) is 14.5 cm³/mol. The van der Waals surface area contributed by atoms with Crippen molar-refractivity contribution in [3.8, 4) is 0 Å². The molecule has 24 valence electrons. The molecule has 0 aliphatic heterocycles. The zero-order valence-electron chi connectivity index (χ0n) is 1.73. The first-order valence-electron chi connectivity index (χ1n) is 0.617. The minimum absolute atomic E-state index is 3.11. The fourth-order valence-corrected chi connectivity index (χ4v) is 0. The van der Waals surface area contributed by atoms with Gasteiger partial charge < -0.3 is 0 Å². The standard InChI is InChI=1S/ClGeHO2/c1-2(3)4/h3H. The van der Waals surface area contributed by atoms with E-state index >= 15 is 0 Å². The molecule has 0 saturated heterocycles. The van der Waals surface area contributed by atoms with Crippen LogP contribution in [0.2, 0.25) is 0 Å². The Hall–Kier alpha value is 0.433. The molecule has 0 saturated carbocycles. The Morgan fingerprint density at radius 1 is 2.00 bits per heavy atom. The fourth-order valence-electron chi connectivity index (χ4n) is 0. The van der Waals surface area contributed by atoms with Crippen LogP contribution in [0.15, 0.2) is 0 Å². The van der Waals surface area contributed by atoms with Crippen LogP contribution >= 0.6 is 10.0 Å². The van der Waals surface area contributed by atoms with Crippen molar-refractivity contribution in [1.82, 2.24) is 0 Å². The maximum absolute atomic E-state index is 9.02. The summed E-state index contributed by atoms with van der Waals surface area (Å²) in [5.74, 6) is 0. The monoisotopic (exact) mass is 142 g/mol. The molecule has 0 aliphatic carbocycles. The first-order valence-corrected chi connectivity index (χ1v) is 5.17. The van der Waals surface area contributed by atoms with Crippen molar-refractivity contribution in [3.05, 3.63) is 0 Å². The van der Waals surface area contributed by atoms with E-state index in [2.05, 4.69) is 10.0 Å². The Morgan fingerprint density at radius 2 is 2.00 bits per heavy atom. The summed E-state index contributed by atoms with van der Waals surface area (Å²) in [6.07, 6.45) is 0. The Bertz CT molecular complexity index is 29.0. The molecule has 0 aromatic rings. The molecule has 1 N–H and O–H groups in total. The van der Waals surface area contributed by atoms with Gasteiger partial charge in [-0.3, -0.25) is 0 Å². The number of hydrogen-bond donors (Lipinski definition) is 1. The summed E-state index contributed by atoms with van der Waals surface area (Å²) in [6, 6.07) is 0. The molecular formula is HClGeO2. The van der Waals surface area contributed by atoms with Crippen LogP contribution in [0, 0.1) is 0 Å². The predicted octanol–water partition coefficient (Wildman–Crippen LogP) is -0.367. The molecule has 0 rings (SSSR count). The quantitative estimate of drug-likeness (QED) is 0.467.